The zero-order chi connectivity index (χ0) is 16.2. The summed E-state index contributed by atoms with van der Waals surface area (Å²) in [6.07, 6.45) is -5.55. The molecule has 0 aliphatic heterocycles. The Morgan fingerprint density at radius 2 is 1.77 bits per heavy atom. The van der Waals surface area contributed by atoms with Crippen LogP contribution in [0.3, 0.4) is 0 Å². The molecule has 3 nitrogen and oxygen atoms in total. The fourth-order valence-electron chi connectivity index (χ4n) is 1.79. The summed E-state index contributed by atoms with van der Waals surface area (Å²) in [5.74, 6) is 0. The SMILES string of the molecule is O=C(Nc1cccc(Br)c1C(F)(F)F)OCc1ccccc1. The van der Waals surface area contributed by atoms with Gasteiger partial charge in [0.15, 0.2) is 0 Å². The number of alkyl halides is 3. The van der Waals surface area contributed by atoms with Crippen LogP contribution >= 0.6 is 15.9 Å². The molecular weight excluding hydrogens is 363 g/mol. The number of halogens is 4. The number of hydrogen-bond donors (Lipinski definition) is 1. The molecule has 0 aliphatic carbocycles. The lowest BCUT2D eigenvalue weighted by atomic mass is 10.1. The van der Waals surface area contributed by atoms with E-state index in [1.165, 1.54) is 12.1 Å². The Morgan fingerprint density at radius 1 is 1.09 bits per heavy atom. The Balaban J connectivity index is 2.08. The van der Waals surface area contributed by atoms with Gasteiger partial charge in [-0.05, 0) is 17.7 Å². The average Bonchev–Trinajstić information content (AvgIpc) is 2.45. The fourth-order valence-corrected chi connectivity index (χ4v) is 2.38. The highest BCUT2D eigenvalue weighted by atomic mass is 79.9. The van der Waals surface area contributed by atoms with Gasteiger partial charge in [0.25, 0.3) is 0 Å². The van der Waals surface area contributed by atoms with E-state index in [9.17, 15) is 18.0 Å². The van der Waals surface area contributed by atoms with Gasteiger partial charge in [-0.25, -0.2) is 4.79 Å². The van der Waals surface area contributed by atoms with Gasteiger partial charge in [-0.15, -0.1) is 0 Å². The number of carbonyl (C=O) groups excluding carboxylic acids is 1. The third-order valence-electron chi connectivity index (χ3n) is 2.75. The lowest BCUT2D eigenvalue weighted by Gasteiger charge is -2.15. The largest absolute Gasteiger partial charge is 0.444 e. The molecule has 0 radical (unpaired) electrons. The topological polar surface area (TPSA) is 38.3 Å². The van der Waals surface area contributed by atoms with Crippen LogP contribution in [0, 0.1) is 0 Å². The first-order valence-corrected chi connectivity index (χ1v) is 7.00. The van der Waals surface area contributed by atoms with Crippen LogP contribution in [0.5, 0.6) is 0 Å². The van der Waals surface area contributed by atoms with Crippen LogP contribution in [0.2, 0.25) is 0 Å². The molecule has 0 bridgehead atoms. The lowest BCUT2D eigenvalue weighted by molar-refractivity contribution is -0.137. The van der Waals surface area contributed by atoms with Gasteiger partial charge >= 0.3 is 12.3 Å². The molecule has 0 unspecified atom stereocenters. The number of carbonyl (C=O) groups is 1. The Labute approximate surface area is 133 Å². The highest BCUT2D eigenvalue weighted by Crippen LogP contribution is 2.39. The van der Waals surface area contributed by atoms with E-state index in [0.717, 1.165) is 11.6 Å². The van der Waals surface area contributed by atoms with E-state index in [1.54, 1.807) is 30.3 Å². The van der Waals surface area contributed by atoms with Crippen molar-refractivity contribution in [3.05, 3.63) is 64.1 Å². The summed E-state index contributed by atoms with van der Waals surface area (Å²) in [5.41, 5.74) is -0.575. The van der Waals surface area contributed by atoms with E-state index >= 15 is 0 Å². The van der Waals surface area contributed by atoms with Gasteiger partial charge in [-0.2, -0.15) is 13.2 Å². The van der Waals surface area contributed by atoms with Crippen molar-refractivity contribution in [2.24, 2.45) is 0 Å². The van der Waals surface area contributed by atoms with Crippen LogP contribution in [-0.4, -0.2) is 6.09 Å². The molecule has 0 saturated heterocycles. The molecule has 1 N–H and O–H groups in total. The van der Waals surface area contributed by atoms with Gasteiger partial charge in [0.2, 0.25) is 0 Å². The predicted molar refractivity (Wildman–Crippen MR) is 79.4 cm³/mol. The quantitative estimate of drug-likeness (QED) is 0.801. The Bertz CT molecular complexity index is 660. The van der Waals surface area contributed by atoms with Gasteiger partial charge in [0, 0.05) is 4.47 Å². The van der Waals surface area contributed by atoms with Gasteiger partial charge in [-0.3, -0.25) is 5.32 Å². The summed E-state index contributed by atoms with van der Waals surface area (Å²) in [7, 11) is 0. The maximum Gasteiger partial charge on any atom is 0.419 e. The molecule has 0 fully saturated rings. The molecule has 22 heavy (non-hydrogen) atoms. The van der Waals surface area contributed by atoms with E-state index in [4.69, 9.17) is 4.74 Å². The van der Waals surface area contributed by atoms with Crippen LogP contribution in [0.25, 0.3) is 0 Å². The number of hydrogen-bond acceptors (Lipinski definition) is 2. The molecule has 0 atom stereocenters. The number of anilines is 1. The maximum absolute atomic E-state index is 13.0. The summed E-state index contributed by atoms with van der Waals surface area (Å²) >= 11 is 2.84. The summed E-state index contributed by atoms with van der Waals surface area (Å²) in [6.45, 7) is -0.0258. The molecule has 1 amide bonds. The number of rotatable bonds is 3. The Kier molecular flexibility index (Phi) is 5.07. The molecule has 116 valence electrons. The predicted octanol–water partition coefficient (Wildman–Crippen LogP) is 5.22. The van der Waals surface area contributed by atoms with Crippen molar-refractivity contribution in [2.45, 2.75) is 12.8 Å². The van der Waals surface area contributed by atoms with Gasteiger partial charge in [-0.1, -0.05) is 52.3 Å². The summed E-state index contributed by atoms with van der Waals surface area (Å²) in [6, 6.07) is 12.6. The zero-order valence-corrected chi connectivity index (χ0v) is 12.7. The van der Waals surface area contributed by atoms with Crippen molar-refractivity contribution in [2.75, 3.05) is 5.32 Å². The zero-order valence-electron chi connectivity index (χ0n) is 11.2. The summed E-state index contributed by atoms with van der Waals surface area (Å²) in [4.78, 5) is 11.7. The number of ether oxygens (including phenoxy) is 1. The minimum Gasteiger partial charge on any atom is -0.444 e. The fraction of sp³-hybridized carbons (Fsp3) is 0.133. The molecule has 0 heterocycles. The van der Waals surface area contributed by atoms with E-state index in [1.807, 2.05) is 0 Å². The third kappa shape index (κ3) is 4.24. The molecule has 2 rings (SSSR count). The Hall–Kier alpha value is -2.02. The van der Waals surface area contributed by atoms with Crippen LogP contribution in [0.4, 0.5) is 23.7 Å². The second kappa shape index (κ2) is 6.83. The monoisotopic (exact) mass is 373 g/mol. The second-order valence-electron chi connectivity index (χ2n) is 4.35. The van der Waals surface area contributed by atoms with Crippen LogP contribution < -0.4 is 5.32 Å². The molecule has 7 heteroatoms. The molecule has 0 aromatic heterocycles. The van der Waals surface area contributed by atoms with Crippen molar-refractivity contribution in [3.63, 3.8) is 0 Å². The highest BCUT2D eigenvalue weighted by molar-refractivity contribution is 9.10. The Morgan fingerprint density at radius 3 is 2.41 bits per heavy atom. The van der Waals surface area contributed by atoms with Gasteiger partial charge < -0.3 is 4.74 Å². The van der Waals surface area contributed by atoms with E-state index < -0.39 is 17.8 Å². The number of benzene rings is 2. The normalized spacial score (nSPS) is 11.1. The molecule has 0 aliphatic rings. The van der Waals surface area contributed by atoms with Crippen molar-refractivity contribution in [3.8, 4) is 0 Å². The van der Waals surface area contributed by atoms with E-state index in [2.05, 4.69) is 21.2 Å². The smallest absolute Gasteiger partial charge is 0.419 e. The first-order valence-electron chi connectivity index (χ1n) is 6.21. The van der Waals surface area contributed by atoms with Gasteiger partial charge in [0.1, 0.15) is 6.61 Å². The summed E-state index contributed by atoms with van der Waals surface area (Å²) in [5, 5.41) is 2.12. The minimum absolute atomic E-state index is 0.0258. The molecular formula is C15H11BrF3NO2. The second-order valence-corrected chi connectivity index (χ2v) is 5.20. The van der Waals surface area contributed by atoms with Crippen molar-refractivity contribution in [1.29, 1.82) is 0 Å². The van der Waals surface area contributed by atoms with Crippen molar-refractivity contribution < 1.29 is 22.7 Å². The molecule has 0 spiro atoms. The first kappa shape index (κ1) is 16.4. The van der Waals surface area contributed by atoms with Crippen molar-refractivity contribution in [1.82, 2.24) is 0 Å². The van der Waals surface area contributed by atoms with Crippen molar-refractivity contribution >= 4 is 27.7 Å². The third-order valence-corrected chi connectivity index (χ3v) is 3.41. The number of nitrogens with one attached hydrogen (secondary N) is 1. The van der Waals surface area contributed by atoms with Crippen LogP contribution in [0.15, 0.2) is 53.0 Å². The molecule has 2 aromatic carbocycles. The average molecular weight is 374 g/mol. The first-order chi connectivity index (χ1) is 10.4. The van der Waals surface area contributed by atoms with Crippen LogP contribution in [-0.2, 0) is 17.5 Å². The van der Waals surface area contributed by atoms with E-state index in [0.29, 0.717) is 0 Å². The van der Waals surface area contributed by atoms with Crippen LogP contribution in [0.1, 0.15) is 11.1 Å². The van der Waals surface area contributed by atoms with Gasteiger partial charge in [0.05, 0.1) is 11.3 Å². The van der Waals surface area contributed by atoms with E-state index in [-0.39, 0.29) is 16.8 Å². The maximum atomic E-state index is 13.0. The highest BCUT2D eigenvalue weighted by Gasteiger charge is 2.36. The molecule has 0 saturated carbocycles. The standard InChI is InChI=1S/C15H11BrF3NO2/c16-11-7-4-8-12(13(11)15(17,18)19)20-14(21)22-9-10-5-2-1-3-6-10/h1-8H,9H2,(H,20,21). The molecule has 2 aromatic rings. The summed E-state index contributed by atoms with van der Waals surface area (Å²) < 4.78 is 43.7. The lowest BCUT2D eigenvalue weighted by Crippen LogP contribution is -2.18. The minimum atomic E-state index is -4.60. The number of amides is 1.